The zero-order valence-corrected chi connectivity index (χ0v) is 11.9. The van der Waals surface area contributed by atoms with Gasteiger partial charge in [0.15, 0.2) is 0 Å². The van der Waals surface area contributed by atoms with Crippen LogP contribution in [0.1, 0.15) is 45.1 Å². The first-order chi connectivity index (χ1) is 9.08. The van der Waals surface area contributed by atoms with E-state index in [-0.39, 0.29) is 5.91 Å². The minimum Gasteiger partial charge on any atom is -0.399 e. The van der Waals surface area contributed by atoms with Gasteiger partial charge in [-0.25, -0.2) is 0 Å². The fourth-order valence-electron chi connectivity index (χ4n) is 2.98. The van der Waals surface area contributed by atoms with E-state index in [1.165, 1.54) is 12.0 Å². The SMILES string of the molecule is C[C@@H]1CCC[C@H](C)N1C(=O)CCc1ccc(N)cc1. The van der Waals surface area contributed by atoms with Gasteiger partial charge in [-0.1, -0.05) is 12.1 Å². The normalized spacial score (nSPS) is 23.4. The van der Waals surface area contributed by atoms with Crippen LogP contribution in [0.4, 0.5) is 5.69 Å². The lowest BCUT2D eigenvalue weighted by atomic mass is 9.96. The molecule has 0 unspecified atom stereocenters. The Bertz CT molecular complexity index is 417. The first-order valence-electron chi connectivity index (χ1n) is 7.23. The molecule has 104 valence electrons. The second-order valence-electron chi connectivity index (χ2n) is 5.67. The number of nitrogens with two attached hydrogens (primary N) is 1. The Morgan fingerprint density at radius 2 is 1.79 bits per heavy atom. The molecule has 3 nitrogen and oxygen atoms in total. The summed E-state index contributed by atoms with van der Waals surface area (Å²) in [6.45, 7) is 4.33. The topological polar surface area (TPSA) is 46.3 Å². The number of nitrogen functional groups attached to an aromatic ring is 1. The van der Waals surface area contributed by atoms with E-state index in [9.17, 15) is 4.79 Å². The van der Waals surface area contributed by atoms with E-state index in [0.29, 0.717) is 18.5 Å². The Kier molecular flexibility index (Phi) is 4.46. The van der Waals surface area contributed by atoms with Crippen molar-refractivity contribution in [1.29, 1.82) is 0 Å². The molecule has 0 bridgehead atoms. The van der Waals surface area contributed by atoms with E-state index < -0.39 is 0 Å². The van der Waals surface area contributed by atoms with Crippen LogP contribution in [0.25, 0.3) is 0 Å². The molecular formula is C16H24N2O. The molecule has 1 aliphatic rings. The summed E-state index contributed by atoms with van der Waals surface area (Å²) in [6.07, 6.45) is 4.91. The summed E-state index contributed by atoms with van der Waals surface area (Å²) in [4.78, 5) is 14.4. The van der Waals surface area contributed by atoms with Gasteiger partial charge in [0.1, 0.15) is 0 Å². The lowest BCUT2D eigenvalue weighted by molar-refractivity contribution is -0.137. The maximum absolute atomic E-state index is 12.4. The molecule has 0 radical (unpaired) electrons. The Morgan fingerprint density at radius 3 is 2.37 bits per heavy atom. The van der Waals surface area contributed by atoms with E-state index in [0.717, 1.165) is 24.9 Å². The molecule has 0 saturated carbocycles. The van der Waals surface area contributed by atoms with Gasteiger partial charge in [-0.15, -0.1) is 0 Å². The van der Waals surface area contributed by atoms with Crippen molar-refractivity contribution < 1.29 is 4.79 Å². The number of likely N-dealkylation sites (tertiary alicyclic amines) is 1. The number of benzene rings is 1. The Balaban J connectivity index is 1.91. The van der Waals surface area contributed by atoms with Crippen molar-refractivity contribution in [2.24, 2.45) is 0 Å². The number of anilines is 1. The van der Waals surface area contributed by atoms with Crippen LogP contribution in [0, 0.1) is 0 Å². The van der Waals surface area contributed by atoms with E-state index >= 15 is 0 Å². The van der Waals surface area contributed by atoms with Crippen molar-refractivity contribution in [3.8, 4) is 0 Å². The second kappa shape index (κ2) is 6.09. The van der Waals surface area contributed by atoms with Crippen molar-refractivity contribution in [1.82, 2.24) is 4.90 Å². The third-order valence-corrected chi connectivity index (χ3v) is 4.09. The number of rotatable bonds is 3. The van der Waals surface area contributed by atoms with Crippen molar-refractivity contribution in [3.63, 3.8) is 0 Å². The molecule has 0 spiro atoms. The van der Waals surface area contributed by atoms with Gasteiger partial charge in [-0.05, 0) is 57.2 Å². The molecule has 0 aliphatic carbocycles. The lowest BCUT2D eigenvalue weighted by Crippen LogP contribution is -2.47. The van der Waals surface area contributed by atoms with Gasteiger partial charge in [0, 0.05) is 24.2 Å². The summed E-state index contributed by atoms with van der Waals surface area (Å²) >= 11 is 0. The number of hydrogen-bond donors (Lipinski definition) is 1. The van der Waals surface area contributed by atoms with Crippen LogP contribution in [-0.2, 0) is 11.2 Å². The highest BCUT2D eigenvalue weighted by atomic mass is 16.2. The Labute approximate surface area is 115 Å². The van der Waals surface area contributed by atoms with Crippen molar-refractivity contribution in [3.05, 3.63) is 29.8 Å². The summed E-state index contributed by atoms with van der Waals surface area (Å²) in [5.74, 6) is 0.288. The van der Waals surface area contributed by atoms with E-state index in [1.54, 1.807) is 0 Å². The predicted octanol–water partition coefficient (Wildman–Crippen LogP) is 2.99. The molecule has 1 amide bonds. The fourth-order valence-corrected chi connectivity index (χ4v) is 2.98. The van der Waals surface area contributed by atoms with Gasteiger partial charge in [-0.3, -0.25) is 4.79 Å². The average Bonchev–Trinajstić information content (AvgIpc) is 2.38. The van der Waals surface area contributed by atoms with Gasteiger partial charge in [-0.2, -0.15) is 0 Å². The van der Waals surface area contributed by atoms with Gasteiger partial charge in [0.2, 0.25) is 5.91 Å². The molecule has 0 aromatic heterocycles. The van der Waals surface area contributed by atoms with Crippen LogP contribution in [0.5, 0.6) is 0 Å². The lowest BCUT2D eigenvalue weighted by Gasteiger charge is -2.39. The molecule has 2 rings (SSSR count). The maximum atomic E-state index is 12.4. The first-order valence-corrected chi connectivity index (χ1v) is 7.23. The van der Waals surface area contributed by atoms with Crippen LogP contribution in [0.3, 0.4) is 0 Å². The second-order valence-corrected chi connectivity index (χ2v) is 5.67. The van der Waals surface area contributed by atoms with Gasteiger partial charge in [0.25, 0.3) is 0 Å². The smallest absolute Gasteiger partial charge is 0.223 e. The number of aryl methyl sites for hydroxylation is 1. The average molecular weight is 260 g/mol. The molecule has 1 aromatic rings. The predicted molar refractivity (Wildman–Crippen MR) is 78.8 cm³/mol. The minimum atomic E-state index is 0.288. The van der Waals surface area contributed by atoms with E-state index in [1.807, 2.05) is 24.3 Å². The minimum absolute atomic E-state index is 0.288. The molecule has 3 heteroatoms. The highest BCUT2D eigenvalue weighted by molar-refractivity contribution is 5.77. The van der Waals surface area contributed by atoms with Crippen LogP contribution in [-0.4, -0.2) is 22.9 Å². The van der Waals surface area contributed by atoms with Gasteiger partial charge in [0.05, 0.1) is 0 Å². The quantitative estimate of drug-likeness (QED) is 0.849. The summed E-state index contributed by atoms with van der Waals surface area (Å²) in [5.41, 5.74) is 7.61. The number of carbonyl (C=O) groups is 1. The van der Waals surface area contributed by atoms with Crippen LogP contribution in [0.2, 0.25) is 0 Å². The number of hydrogen-bond acceptors (Lipinski definition) is 2. The summed E-state index contributed by atoms with van der Waals surface area (Å²) in [6, 6.07) is 8.58. The van der Waals surface area contributed by atoms with E-state index in [2.05, 4.69) is 18.7 Å². The molecule has 19 heavy (non-hydrogen) atoms. The number of nitrogens with zero attached hydrogens (tertiary/aromatic N) is 1. The largest absolute Gasteiger partial charge is 0.399 e. The number of carbonyl (C=O) groups excluding carboxylic acids is 1. The summed E-state index contributed by atoms with van der Waals surface area (Å²) < 4.78 is 0. The highest BCUT2D eigenvalue weighted by Crippen LogP contribution is 2.23. The number of amides is 1. The molecule has 1 heterocycles. The molecule has 1 aromatic carbocycles. The van der Waals surface area contributed by atoms with Gasteiger partial charge >= 0.3 is 0 Å². The summed E-state index contributed by atoms with van der Waals surface area (Å²) in [5, 5.41) is 0. The monoisotopic (exact) mass is 260 g/mol. The van der Waals surface area contributed by atoms with Crippen molar-refractivity contribution in [2.45, 2.75) is 58.0 Å². The molecule has 1 saturated heterocycles. The molecule has 1 fully saturated rings. The third-order valence-electron chi connectivity index (χ3n) is 4.09. The van der Waals surface area contributed by atoms with Crippen LogP contribution in [0.15, 0.2) is 24.3 Å². The zero-order chi connectivity index (χ0) is 13.8. The molecule has 1 aliphatic heterocycles. The number of piperidine rings is 1. The maximum Gasteiger partial charge on any atom is 0.223 e. The summed E-state index contributed by atoms with van der Waals surface area (Å²) in [7, 11) is 0. The highest BCUT2D eigenvalue weighted by Gasteiger charge is 2.28. The van der Waals surface area contributed by atoms with Gasteiger partial charge < -0.3 is 10.6 Å². The first kappa shape index (κ1) is 13.9. The van der Waals surface area contributed by atoms with E-state index in [4.69, 9.17) is 5.73 Å². The molecule has 2 N–H and O–H groups in total. The van der Waals surface area contributed by atoms with Crippen LogP contribution < -0.4 is 5.73 Å². The van der Waals surface area contributed by atoms with Crippen molar-refractivity contribution >= 4 is 11.6 Å². The Morgan fingerprint density at radius 1 is 1.21 bits per heavy atom. The molecular weight excluding hydrogens is 236 g/mol. The zero-order valence-electron chi connectivity index (χ0n) is 11.9. The third kappa shape index (κ3) is 3.49. The molecule has 2 atom stereocenters. The van der Waals surface area contributed by atoms with Crippen LogP contribution >= 0.6 is 0 Å². The standard InChI is InChI=1S/C16H24N2O/c1-12-4-3-5-13(2)18(12)16(19)11-8-14-6-9-15(17)10-7-14/h6-7,9-10,12-13H,3-5,8,11,17H2,1-2H3/t12-,13+. The fraction of sp³-hybridized carbons (Fsp3) is 0.562. The Hall–Kier alpha value is -1.51. The van der Waals surface area contributed by atoms with Crippen molar-refractivity contribution in [2.75, 3.05) is 5.73 Å².